The molecule has 2 heterocycles. The Bertz CT molecular complexity index is 577. The molecular weight excluding hydrogens is 327 g/mol. The van der Waals surface area contributed by atoms with Crippen molar-refractivity contribution in [2.75, 3.05) is 6.54 Å². The van der Waals surface area contributed by atoms with Gasteiger partial charge >= 0.3 is 122 Å². The Balaban J connectivity index is 2.20. The van der Waals surface area contributed by atoms with Gasteiger partial charge in [-0.2, -0.15) is 0 Å². The van der Waals surface area contributed by atoms with Crippen LogP contribution in [-0.2, 0) is 6.42 Å². The summed E-state index contributed by atoms with van der Waals surface area (Å²) in [6.07, 6.45) is 0.655. The summed E-state index contributed by atoms with van der Waals surface area (Å²) in [6.45, 7) is 4.22. The molecule has 0 aliphatic carbocycles. The van der Waals surface area contributed by atoms with Crippen molar-refractivity contribution in [3.8, 4) is 0 Å². The van der Waals surface area contributed by atoms with Gasteiger partial charge in [0, 0.05) is 0 Å². The van der Waals surface area contributed by atoms with Gasteiger partial charge in [-0.25, -0.2) is 0 Å². The molecule has 0 bridgehead atoms. The molecule has 2 aromatic rings. The molecule has 6 heteroatoms. The van der Waals surface area contributed by atoms with Crippen molar-refractivity contribution in [1.29, 1.82) is 0 Å². The van der Waals surface area contributed by atoms with Crippen molar-refractivity contribution in [2.45, 2.75) is 26.3 Å². The van der Waals surface area contributed by atoms with E-state index in [1.165, 1.54) is 0 Å². The predicted molar refractivity (Wildman–Crippen MR) is 76.0 cm³/mol. The molecule has 0 N–H and O–H groups in total. The maximum atomic E-state index is 12.3. The molecule has 0 radical (unpaired) electrons. The Morgan fingerprint density at radius 3 is 3.00 bits per heavy atom. The fourth-order valence-electron chi connectivity index (χ4n) is 1.95. The van der Waals surface area contributed by atoms with E-state index in [1.807, 2.05) is 36.1 Å². The average molecular weight is 342 g/mol. The number of aromatic nitrogens is 1. The zero-order chi connectivity index (χ0) is 13.8. The van der Waals surface area contributed by atoms with E-state index in [0.29, 0.717) is 13.0 Å². The molecule has 0 aliphatic heterocycles. The number of nitrogens with zero attached hydrogens (tertiary/aromatic N) is 2. The summed E-state index contributed by atoms with van der Waals surface area (Å²) in [4.78, 5) is 25.7. The van der Waals surface area contributed by atoms with Gasteiger partial charge in [0.1, 0.15) is 0 Å². The van der Waals surface area contributed by atoms with Crippen LogP contribution in [0.5, 0.6) is 0 Å². The molecule has 0 saturated carbocycles. The Morgan fingerprint density at radius 2 is 2.37 bits per heavy atom. The van der Waals surface area contributed by atoms with E-state index in [9.17, 15) is 9.70 Å². The molecule has 0 aliphatic rings. The summed E-state index contributed by atoms with van der Waals surface area (Å²) in [5.41, 5.74) is 3.03. The fourth-order valence-corrected chi connectivity index (χ4v) is 4.58. The number of thiazole rings is 1. The first kappa shape index (κ1) is 14.3. The van der Waals surface area contributed by atoms with Gasteiger partial charge in [0.05, 0.1) is 0 Å². The van der Waals surface area contributed by atoms with Crippen LogP contribution in [0.3, 0.4) is 0 Å². The van der Waals surface area contributed by atoms with Gasteiger partial charge in [-0.05, 0) is 0 Å². The van der Waals surface area contributed by atoms with Crippen molar-refractivity contribution >= 4 is 31.6 Å². The topological polar surface area (TPSA) is 50.4 Å². The van der Waals surface area contributed by atoms with Crippen molar-refractivity contribution in [3.63, 3.8) is 0 Å². The minimum absolute atomic E-state index is 0.179. The van der Waals surface area contributed by atoms with Crippen LogP contribution in [0, 0.1) is 11.8 Å². The van der Waals surface area contributed by atoms with E-state index < -0.39 is 0 Å². The quantitative estimate of drug-likeness (QED) is 0.350. The predicted octanol–water partition coefficient (Wildman–Crippen LogP) is 2.15. The number of hydrogen-bond donors (Lipinski definition) is 0. The third-order valence-electron chi connectivity index (χ3n) is 3.09. The van der Waals surface area contributed by atoms with E-state index >= 15 is 0 Å². The van der Waals surface area contributed by atoms with Crippen LogP contribution in [0.1, 0.15) is 32.8 Å². The molecule has 19 heavy (non-hydrogen) atoms. The number of ketones is 1. The zero-order valence-corrected chi connectivity index (χ0v) is 13.4. The standard InChI is InChI=1S/C13H15N2O2SSe/c1-9-11(5-6-14-17)18-8-15(9)10(2)13(16)12-4-3-7-19-12/h3-4,7-8,10H,5-6H2,1-2H3/q+1. The number of carbonyl (C=O) groups excluding carboxylic acids is 1. The second-order valence-electron chi connectivity index (χ2n) is 4.26. The van der Waals surface area contributed by atoms with Gasteiger partial charge in [-0.15, -0.1) is 0 Å². The first-order valence-corrected chi connectivity index (χ1v) is 8.72. The Kier molecular flexibility index (Phi) is 4.80. The molecule has 0 fully saturated rings. The molecule has 0 saturated heterocycles. The second kappa shape index (κ2) is 6.37. The summed E-state index contributed by atoms with van der Waals surface area (Å²) >= 11 is 1.77. The van der Waals surface area contributed by atoms with E-state index in [4.69, 9.17) is 0 Å². The normalized spacial score (nSPS) is 12.3. The molecule has 0 amide bonds. The van der Waals surface area contributed by atoms with Crippen molar-refractivity contribution in [1.82, 2.24) is 0 Å². The number of nitroso groups, excluding NO2 is 1. The number of carbonyl (C=O) groups is 1. The maximum absolute atomic E-state index is 12.3. The van der Waals surface area contributed by atoms with Gasteiger partial charge in [0.25, 0.3) is 0 Å². The minimum atomic E-state index is -0.179. The van der Waals surface area contributed by atoms with Crippen molar-refractivity contribution in [2.24, 2.45) is 5.18 Å². The molecule has 2 aromatic heterocycles. The number of rotatable bonds is 6. The van der Waals surface area contributed by atoms with E-state index in [0.717, 1.165) is 15.0 Å². The first-order valence-electron chi connectivity index (χ1n) is 6.00. The van der Waals surface area contributed by atoms with E-state index in [2.05, 4.69) is 10.1 Å². The van der Waals surface area contributed by atoms with E-state index in [1.54, 1.807) is 11.3 Å². The van der Waals surface area contributed by atoms with Crippen molar-refractivity contribution < 1.29 is 9.36 Å². The van der Waals surface area contributed by atoms with E-state index in [-0.39, 0.29) is 26.3 Å². The first-order chi connectivity index (χ1) is 9.15. The second-order valence-corrected chi connectivity index (χ2v) is 7.19. The average Bonchev–Trinajstić information content (AvgIpc) is 3.05. The summed E-state index contributed by atoms with van der Waals surface area (Å²) in [6, 6.07) is 3.69. The van der Waals surface area contributed by atoms with Crippen LogP contribution in [-0.4, -0.2) is 26.8 Å². The van der Waals surface area contributed by atoms with Crippen molar-refractivity contribution in [3.05, 3.63) is 42.5 Å². The summed E-state index contributed by atoms with van der Waals surface area (Å²) in [5.74, 6) is 0.191. The van der Waals surface area contributed by atoms with Crippen LogP contribution in [0.25, 0.3) is 0 Å². The van der Waals surface area contributed by atoms with Crippen LogP contribution >= 0.6 is 11.3 Å². The SMILES string of the molecule is Cc1c(CCN=O)sc[n+]1C(C)C(=O)c1ccc[se]1. The Morgan fingerprint density at radius 1 is 1.58 bits per heavy atom. The Hall–Kier alpha value is -1.10. The van der Waals surface area contributed by atoms with Gasteiger partial charge in [0.2, 0.25) is 0 Å². The van der Waals surface area contributed by atoms with Crippen LogP contribution in [0.2, 0.25) is 0 Å². The summed E-state index contributed by atoms with van der Waals surface area (Å²) < 4.78 is 2.93. The zero-order valence-electron chi connectivity index (χ0n) is 10.8. The molecule has 100 valence electrons. The number of hydrogen-bond acceptors (Lipinski definition) is 4. The third kappa shape index (κ3) is 3.08. The van der Waals surface area contributed by atoms with Gasteiger partial charge in [-0.1, -0.05) is 0 Å². The summed E-state index contributed by atoms with van der Waals surface area (Å²) in [7, 11) is 0. The molecule has 1 atom stereocenters. The van der Waals surface area contributed by atoms with Crippen LogP contribution in [0.15, 0.2) is 27.8 Å². The van der Waals surface area contributed by atoms with Crippen LogP contribution < -0.4 is 4.57 Å². The van der Waals surface area contributed by atoms with Crippen LogP contribution in [0.4, 0.5) is 0 Å². The molecular formula is C13H15N2O2SSe+. The van der Waals surface area contributed by atoms with Gasteiger partial charge < -0.3 is 0 Å². The molecule has 1 unspecified atom stereocenters. The fraction of sp³-hybridized carbons (Fsp3) is 0.385. The molecule has 2 rings (SSSR count). The third-order valence-corrected chi connectivity index (χ3v) is 6.06. The van der Waals surface area contributed by atoms with Gasteiger partial charge in [-0.3, -0.25) is 0 Å². The Labute approximate surface area is 121 Å². The molecule has 0 aromatic carbocycles. The number of Topliss-reactive ketones (excluding diaryl/α,β-unsaturated/α-hetero) is 1. The molecule has 0 spiro atoms. The molecule has 4 nitrogen and oxygen atoms in total. The summed E-state index contributed by atoms with van der Waals surface area (Å²) in [5, 5.41) is 2.89. The van der Waals surface area contributed by atoms with Gasteiger partial charge in [0.15, 0.2) is 0 Å². The monoisotopic (exact) mass is 343 g/mol.